The highest BCUT2D eigenvalue weighted by Crippen LogP contribution is 2.24. The van der Waals surface area contributed by atoms with Crippen molar-refractivity contribution in [3.8, 4) is 0 Å². The molecule has 0 fully saturated rings. The number of carbonyl (C=O) groups excluding carboxylic acids is 2. The van der Waals surface area contributed by atoms with E-state index in [-0.39, 0.29) is 12.5 Å². The number of halogens is 1. The molecule has 1 amide bonds. The molecule has 0 spiro atoms. The van der Waals surface area contributed by atoms with Crippen molar-refractivity contribution in [1.82, 2.24) is 4.57 Å². The molecule has 1 heterocycles. The van der Waals surface area contributed by atoms with Crippen LogP contribution in [0.1, 0.15) is 24.2 Å². The second kappa shape index (κ2) is 8.94. The maximum absolute atomic E-state index is 12.7. The Morgan fingerprint density at radius 1 is 1.21 bits per heavy atom. The van der Waals surface area contributed by atoms with Gasteiger partial charge in [0.2, 0.25) is 0 Å². The molecule has 0 unspecified atom stereocenters. The fraction of sp³-hybridized carbons (Fsp3) is 0.250. The van der Waals surface area contributed by atoms with Crippen LogP contribution in [0.4, 0.5) is 0 Å². The third kappa shape index (κ3) is 4.84. The van der Waals surface area contributed by atoms with Gasteiger partial charge in [-0.15, -0.1) is 11.8 Å². The molecule has 1 aromatic heterocycles. The van der Waals surface area contributed by atoms with E-state index >= 15 is 0 Å². The van der Waals surface area contributed by atoms with Crippen molar-refractivity contribution < 1.29 is 14.3 Å². The summed E-state index contributed by atoms with van der Waals surface area (Å²) in [5.41, 5.74) is 1.27. The summed E-state index contributed by atoms with van der Waals surface area (Å²) >= 11 is 9.11. The van der Waals surface area contributed by atoms with Gasteiger partial charge in [0.25, 0.3) is 5.91 Å². The monoisotopic (exact) mass is 434 g/mol. The van der Waals surface area contributed by atoms with Crippen LogP contribution in [0.2, 0.25) is 5.02 Å². The molecule has 8 heteroatoms. The van der Waals surface area contributed by atoms with Crippen molar-refractivity contribution in [2.45, 2.75) is 30.5 Å². The van der Waals surface area contributed by atoms with Gasteiger partial charge in [-0.2, -0.15) is 4.99 Å². The van der Waals surface area contributed by atoms with E-state index < -0.39 is 5.97 Å². The summed E-state index contributed by atoms with van der Waals surface area (Å²) in [6.07, 6.45) is 0. The van der Waals surface area contributed by atoms with Crippen LogP contribution in [0.5, 0.6) is 0 Å². The third-order valence-corrected chi connectivity index (χ3v) is 6.12. The van der Waals surface area contributed by atoms with E-state index in [0.717, 1.165) is 15.1 Å². The number of thioether (sulfide) groups is 1. The highest BCUT2D eigenvalue weighted by molar-refractivity contribution is 7.99. The van der Waals surface area contributed by atoms with E-state index in [1.165, 1.54) is 18.4 Å². The summed E-state index contributed by atoms with van der Waals surface area (Å²) < 4.78 is 7.28. The van der Waals surface area contributed by atoms with Crippen molar-refractivity contribution in [3.63, 3.8) is 0 Å². The van der Waals surface area contributed by atoms with Crippen LogP contribution in [0.15, 0.2) is 52.4 Å². The lowest BCUT2D eigenvalue weighted by molar-refractivity contribution is -0.141. The van der Waals surface area contributed by atoms with Gasteiger partial charge in [0.15, 0.2) is 4.80 Å². The van der Waals surface area contributed by atoms with Crippen molar-refractivity contribution in [2.24, 2.45) is 4.99 Å². The number of hydrogen-bond acceptors (Lipinski definition) is 5. The Morgan fingerprint density at radius 2 is 1.93 bits per heavy atom. The topological polar surface area (TPSA) is 60.7 Å². The number of esters is 1. The molecule has 0 N–H and O–H groups in total. The Labute approximate surface area is 176 Å². The molecular formula is C20H19ClN2O3S2. The van der Waals surface area contributed by atoms with E-state index in [4.69, 9.17) is 16.3 Å². The summed E-state index contributed by atoms with van der Waals surface area (Å²) in [5.74, 6) is -0.782. The van der Waals surface area contributed by atoms with Gasteiger partial charge in [0, 0.05) is 20.7 Å². The number of amides is 1. The maximum atomic E-state index is 12.7. The number of hydrogen-bond donors (Lipinski definition) is 0. The lowest BCUT2D eigenvalue weighted by Gasteiger charge is -2.05. The van der Waals surface area contributed by atoms with Crippen molar-refractivity contribution >= 4 is 56.8 Å². The molecule has 0 aliphatic heterocycles. The Balaban J connectivity index is 2.01. The summed E-state index contributed by atoms with van der Waals surface area (Å²) in [4.78, 5) is 30.3. The number of methoxy groups -OCH3 is 1. The van der Waals surface area contributed by atoms with Gasteiger partial charge in [-0.1, -0.05) is 36.8 Å². The smallest absolute Gasteiger partial charge is 0.325 e. The first-order valence-corrected chi connectivity index (χ1v) is 10.7. The number of ether oxygens (including phenoxy) is 1. The predicted octanol–water partition coefficient (Wildman–Crippen LogP) is 4.77. The van der Waals surface area contributed by atoms with E-state index in [9.17, 15) is 9.59 Å². The number of thiazole rings is 1. The molecule has 3 rings (SSSR count). The maximum Gasteiger partial charge on any atom is 0.325 e. The van der Waals surface area contributed by atoms with Gasteiger partial charge in [-0.05, 0) is 42.5 Å². The minimum absolute atomic E-state index is 0.0335. The molecule has 3 aromatic rings. The molecule has 28 heavy (non-hydrogen) atoms. The zero-order valence-electron chi connectivity index (χ0n) is 15.6. The number of rotatable bonds is 5. The van der Waals surface area contributed by atoms with Crippen LogP contribution < -0.4 is 4.80 Å². The number of carbonyl (C=O) groups is 2. The van der Waals surface area contributed by atoms with Crippen LogP contribution in [0.3, 0.4) is 0 Å². The highest BCUT2D eigenvalue weighted by Gasteiger charge is 2.13. The minimum Gasteiger partial charge on any atom is -0.468 e. The van der Waals surface area contributed by atoms with Gasteiger partial charge in [0.1, 0.15) is 6.54 Å². The van der Waals surface area contributed by atoms with Crippen molar-refractivity contribution in [2.75, 3.05) is 7.11 Å². The molecule has 2 aromatic carbocycles. The molecule has 0 aliphatic rings. The van der Waals surface area contributed by atoms with Gasteiger partial charge in [0.05, 0.1) is 17.3 Å². The van der Waals surface area contributed by atoms with Crippen molar-refractivity contribution in [1.29, 1.82) is 0 Å². The normalized spacial score (nSPS) is 12.0. The molecule has 5 nitrogen and oxygen atoms in total. The molecular weight excluding hydrogens is 416 g/mol. The Hall–Kier alpha value is -2.09. The SMILES string of the molecule is COC(=O)Cn1c(=NC(=O)c2ccc(SC(C)C)cc2)sc2cc(Cl)ccc21. The second-order valence-electron chi connectivity index (χ2n) is 6.27. The molecule has 0 saturated carbocycles. The number of nitrogens with zero attached hydrogens (tertiary/aromatic N) is 2. The first kappa shape index (κ1) is 20.6. The minimum atomic E-state index is -0.418. The zero-order chi connectivity index (χ0) is 20.3. The molecule has 0 atom stereocenters. The summed E-state index contributed by atoms with van der Waals surface area (Å²) in [6.45, 7) is 4.20. The van der Waals surface area contributed by atoms with Gasteiger partial charge in [-0.25, -0.2) is 0 Å². The average molecular weight is 435 g/mol. The van der Waals surface area contributed by atoms with E-state index in [0.29, 0.717) is 20.6 Å². The van der Waals surface area contributed by atoms with Gasteiger partial charge < -0.3 is 9.30 Å². The van der Waals surface area contributed by atoms with Crippen molar-refractivity contribution in [3.05, 3.63) is 57.9 Å². The fourth-order valence-corrected chi connectivity index (χ4v) is 4.72. The number of aromatic nitrogens is 1. The largest absolute Gasteiger partial charge is 0.468 e. The standard InChI is InChI=1S/C20H19ClN2O3S2/c1-12(2)27-15-7-4-13(5-8-15)19(25)22-20-23(11-18(24)26-3)16-9-6-14(21)10-17(16)28-20/h4-10,12H,11H2,1-3H3. The van der Waals surface area contributed by atoms with E-state index in [1.807, 2.05) is 12.1 Å². The van der Waals surface area contributed by atoms with Crippen LogP contribution >= 0.6 is 34.7 Å². The predicted molar refractivity (Wildman–Crippen MR) is 114 cm³/mol. The third-order valence-electron chi connectivity index (χ3n) is 3.83. The van der Waals surface area contributed by atoms with Gasteiger partial charge in [-0.3, -0.25) is 9.59 Å². The Bertz CT molecular complexity index is 1090. The average Bonchev–Trinajstić information content (AvgIpc) is 2.97. The highest BCUT2D eigenvalue weighted by atomic mass is 35.5. The first-order chi connectivity index (χ1) is 13.4. The lowest BCUT2D eigenvalue weighted by atomic mass is 10.2. The summed E-state index contributed by atoms with van der Waals surface area (Å²) in [6, 6.07) is 12.7. The molecule has 0 aliphatic carbocycles. The van der Waals surface area contributed by atoms with Crippen LogP contribution in [-0.4, -0.2) is 28.8 Å². The second-order valence-corrected chi connectivity index (χ2v) is 9.36. The number of benzene rings is 2. The number of fused-ring (bicyclic) bond motifs is 1. The lowest BCUT2D eigenvalue weighted by Crippen LogP contribution is -2.22. The van der Waals surface area contributed by atoms with Crippen LogP contribution in [-0.2, 0) is 16.1 Å². The van der Waals surface area contributed by atoms with E-state index in [2.05, 4.69) is 18.8 Å². The molecule has 146 valence electrons. The molecule has 0 bridgehead atoms. The quantitative estimate of drug-likeness (QED) is 0.428. The summed E-state index contributed by atoms with van der Waals surface area (Å²) in [5, 5.41) is 1.05. The van der Waals surface area contributed by atoms with E-state index in [1.54, 1.807) is 46.7 Å². The zero-order valence-corrected chi connectivity index (χ0v) is 18.0. The van der Waals surface area contributed by atoms with Gasteiger partial charge >= 0.3 is 5.97 Å². The molecule has 0 saturated heterocycles. The Kier molecular flexibility index (Phi) is 6.59. The fourth-order valence-electron chi connectivity index (χ4n) is 2.58. The van der Waals surface area contributed by atoms with Crippen LogP contribution in [0.25, 0.3) is 10.2 Å². The first-order valence-electron chi connectivity index (χ1n) is 8.59. The summed E-state index contributed by atoms with van der Waals surface area (Å²) in [7, 11) is 1.33. The molecule has 0 radical (unpaired) electrons. The Morgan fingerprint density at radius 3 is 2.57 bits per heavy atom. The van der Waals surface area contributed by atoms with Crippen LogP contribution in [0, 0.1) is 0 Å².